The zero-order valence-corrected chi connectivity index (χ0v) is 17.1. The molecule has 0 radical (unpaired) electrons. The van der Waals surface area contributed by atoms with E-state index in [0.717, 1.165) is 30.7 Å². The summed E-state index contributed by atoms with van der Waals surface area (Å²) >= 11 is 2.15. The molecule has 0 N–H and O–H groups in total. The van der Waals surface area contributed by atoms with Crippen LogP contribution in [0.3, 0.4) is 0 Å². The third-order valence-corrected chi connectivity index (χ3v) is 4.00. The minimum Gasteiger partial charge on any atom is -0.304 e. The number of imidazole rings is 1. The topological polar surface area (TPSA) is 20.5 Å². The van der Waals surface area contributed by atoms with Gasteiger partial charge in [0.1, 0.15) is 5.65 Å². The number of aryl methyl sites for hydroxylation is 3. The summed E-state index contributed by atoms with van der Waals surface area (Å²) in [6.07, 6.45) is 4.28. The van der Waals surface area contributed by atoms with Gasteiger partial charge in [-0.1, -0.05) is 52.9 Å². The van der Waals surface area contributed by atoms with Crippen molar-refractivity contribution in [2.75, 3.05) is 19.0 Å². The molecule has 0 bridgehead atoms. The molecule has 1 aromatic carbocycles. The first kappa shape index (κ1) is 18.9. The highest BCUT2D eigenvalue weighted by Gasteiger charge is 2.09. The fourth-order valence-corrected chi connectivity index (χ4v) is 2.83. The lowest BCUT2D eigenvalue weighted by Crippen LogP contribution is -2.13. The number of hydrogen-bond donors (Lipinski definition) is 0. The van der Waals surface area contributed by atoms with Crippen LogP contribution in [0, 0.1) is 6.92 Å². The van der Waals surface area contributed by atoms with Gasteiger partial charge in [-0.3, -0.25) is 0 Å². The summed E-state index contributed by atoms with van der Waals surface area (Å²) in [7, 11) is 4.18. The molecule has 0 aliphatic rings. The van der Waals surface area contributed by atoms with Crippen LogP contribution in [0.1, 0.15) is 22.5 Å². The average molecular weight is 435 g/mol. The first-order valence-corrected chi connectivity index (χ1v) is 10.3. The van der Waals surface area contributed by atoms with Gasteiger partial charge in [-0.25, -0.2) is 4.98 Å². The van der Waals surface area contributed by atoms with Gasteiger partial charge >= 0.3 is 0 Å². The van der Waals surface area contributed by atoms with Gasteiger partial charge < -0.3 is 9.30 Å². The first-order chi connectivity index (χ1) is 11.6. The fraction of sp³-hybridized carbons (Fsp3) is 0.350. The molecule has 2 aromatic heterocycles. The van der Waals surface area contributed by atoms with Crippen LogP contribution in [0.25, 0.3) is 5.65 Å². The maximum absolute atomic E-state index is 4.72. The first-order valence-electron chi connectivity index (χ1n) is 8.16. The van der Waals surface area contributed by atoms with E-state index >= 15 is 0 Å². The van der Waals surface area contributed by atoms with E-state index in [1.807, 2.05) is 4.93 Å². The summed E-state index contributed by atoms with van der Waals surface area (Å²) < 4.78 is 2.21. The van der Waals surface area contributed by atoms with Gasteiger partial charge in [0.05, 0.1) is 11.4 Å². The average Bonchev–Trinajstić information content (AvgIpc) is 2.90. The number of halogens is 1. The molecule has 0 unspecified atom stereocenters. The minimum atomic E-state index is 0.913. The van der Waals surface area contributed by atoms with Gasteiger partial charge in [0.25, 0.3) is 0 Å². The Balaban J connectivity index is 0.00000100. The van der Waals surface area contributed by atoms with Crippen molar-refractivity contribution in [2.45, 2.75) is 26.3 Å². The molecule has 0 amide bonds. The quantitative estimate of drug-likeness (QED) is 0.433. The lowest BCUT2D eigenvalue weighted by molar-refractivity contribution is 0.394. The van der Waals surface area contributed by atoms with Crippen molar-refractivity contribution in [1.29, 1.82) is 0 Å². The second kappa shape index (κ2) is 9.18. The Kier molecular flexibility index (Phi) is 7.24. The zero-order valence-electron chi connectivity index (χ0n) is 15.0. The Morgan fingerprint density at radius 1 is 1.00 bits per heavy atom. The van der Waals surface area contributed by atoms with Crippen molar-refractivity contribution in [3.8, 4) is 0 Å². The van der Waals surface area contributed by atoms with E-state index < -0.39 is 0 Å². The van der Waals surface area contributed by atoms with E-state index in [1.54, 1.807) is 0 Å². The van der Waals surface area contributed by atoms with Crippen LogP contribution in [0.5, 0.6) is 0 Å². The molecule has 3 rings (SSSR count). The number of alkyl halides is 1. The van der Waals surface area contributed by atoms with Gasteiger partial charge in [0, 0.05) is 12.7 Å². The van der Waals surface area contributed by atoms with E-state index in [4.69, 9.17) is 4.98 Å². The van der Waals surface area contributed by atoms with Crippen molar-refractivity contribution in [3.05, 3.63) is 71.2 Å². The summed E-state index contributed by atoms with van der Waals surface area (Å²) in [5.41, 5.74) is 6.18. The Labute approximate surface area is 158 Å². The molecule has 24 heavy (non-hydrogen) atoms. The van der Waals surface area contributed by atoms with E-state index in [-0.39, 0.29) is 0 Å². The van der Waals surface area contributed by atoms with E-state index in [2.05, 4.69) is 102 Å². The monoisotopic (exact) mass is 435 g/mol. The molecule has 128 valence electrons. The Hall–Kier alpha value is -1.40. The zero-order chi connectivity index (χ0) is 17.5. The second-order valence-electron chi connectivity index (χ2n) is 6.13. The smallest absolute Gasteiger partial charge is 0.137 e. The maximum atomic E-state index is 4.72. The maximum Gasteiger partial charge on any atom is 0.137 e. The summed E-state index contributed by atoms with van der Waals surface area (Å²) in [6.45, 7) is 3.01. The number of fused-ring (bicyclic) bond motifs is 1. The molecule has 4 heteroatoms. The van der Waals surface area contributed by atoms with Crippen LogP contribution in [-0.4, -0.2) is 33.3 Å². The Morgan fingerprint density at radius 3 is 2.33 bits per heavy atom. The molecule has 0 atom stereocenters. The fourth-order valence-electron chi connectivity index (χ4n) is 2.83. The molecule has 0 saturated carbocycles. The van der Waals surface area contributed by atoms with Crippen LogP contribution in [0.15, 0.2) is 48.7 Å². The second-order valence-corrected chi connectivity index (χ2v) is 6.13. The number of rotatable bonds is 5. The van der Waals surface area contributed by atoms with Crippen LogP contribution in [0.2, 0.25) is 0 Å². The summed E-state index contributed by atoms with van der Waals surface area (Å²) in [4.78, 5) is 8.87. The largest absolute Gasteiger partial charge is 0.304 e. The van der Waals surface area contributed by atoms with Crippen LogP contribution < -0.4 is 0 Å². The van der Waals surface area contributed by atoms with Gasteiger partial charge in [-0.05, 0) is 62.1 Å². The minimum absolute atomic E-state index is 0.913. The van der Waals surface area contributed by atoms with E-state index in [0.29, 0.717) is 0 Å². The molecule has 0 saturated heterocycles. The van der Waals surface area contributed by atoms with Gasteiger partial charge in [-0.15, -0.1) is 0 Å². The van der Waals surface area contributed by atoms with Gasteiger partial charge in [-0.2, -0.15) is 0 Å². The van der Waals surface area contributed by atoms with Crippen molar-refractivity contribution in [3.63, 3.8) is 0 Å². The van der Waals surface area contributed by atoms with Crippen molar-refractivity contribution in [2.24, 2.45) is 0 Å². The summed E-state index contributed by atoms with van der Waals surface area (Å²) in [5.74, 6) is 0. The molecule has 0 aliphatic carbocycles. The van der Waals surface area contributed by atoms with Gasteiger partial charge in [0.15, 0.2) is 0 Å². The third-order valence-electron chi connectivity index (χ3n) is 4.00. The third kappa shape index (κ3) is 4.80. The standard InChI is InChI=1S/C19H23N3.CH3I/c1-15-18(14-21(2)3)22-12-11-17(13-19(22)20-15)10-9-16-7-5-4-6-8-16;1-2/h4-8,11-13H,9-10,14H2,1-3H3;1H3. The SMILES string of the molecule is CI.Cc1nc2cc(CCc3ccccc3)ccn2c1CN(C)C. The molecule has 0 aliphatic heterocycles. The predicted octanol–water partition coefficient (Wildman–Crippen LogP) is 4.54. The van der Waals surface area contributed by atoms with E-state index in [9.17, 15) is 0 Å². The Morgan fingerprint density at radius 2 is 1.67 bits per heavy atom. The highest BCUT2D eigenvalue weighted by molar-refractivity contribution is 14.1. The summed E-state index contributed by atoms with van der Waals surface area (Å²) in [5, 5.41) is 0. The van der Waals surface area contributed by atoms with E-state index in [1.165, 1.54) is 16.8 Å². The Bertz CT molecular complexity index is 763. The highest BCUT2D eigenvalue weighted by Crippen LogP contribution is 2.16. The van der Waals surface area contributed by atoms with Crippen LogP contribution in [0.4, 0.5) is 0 Å². The number of nitrogens with zero attached hydrogens (tertiary/aromatic N) is 3. The number of benzene rings is 1. The molecular formula is C20H26IN3. The lowest BCUT2D eigenvalue weighted by atomic mass is 10.1. The molecule has 2 heterocycles. The van der Waals surface area contributed by atoms with Crippen molar-refractivity contribution < 1.29 is 0 Å². The molecule has 3 aromatic rings. The molecular weight excluding hydrogens is 409 g/mol. The molecule has 0 spiro atoms. The lowest BCUT2D eigenvalue weighted by Gasteiger charge is -2.10. The number of hydrogen-bond acceptors (Lipinski definition) is 2. The number of aromatic nitrogens is 2. The number of pyridine rings is 1. The normalized spacial score (nSPS) is 10.8. The van der Waals surface area contributed by atoms with Gasteiger partial charge in [0.2, 0.25) is 0 Å². The van der Waals surface area contributed by atoms with Crippen molar-refractivity contribution in [1.82, 2.24) is 14.3 Å². The van der Waals surface area contributed by atoms with Crippen molar-refractivity contribution >= 4 is 28.2 Å². The molecule has 0 fully saturated rings. The predicted molar refractivity (Wildman–Crippen MR) is 111 cm³/mol. The highest BCUT2D eigenvalue weighted by atomic mass is 127. The summed E-state index contributed by atoms with van der Waals surface area (Å²) in [6, 6.07) is 15.1. The van der Waals surface area contributed by atoms with Crippen LogP contribution in [-0.2, 0) is 19.4 Å². The van der Waals surface area contributed by atoms with Crippen LogP contribution >= 0.6 is 22.6 Å². The molecule has 3 nitrogen and oxygen atoms in total.